The molecule has 4 rings (SSSR count). The molecule has 3 N–H and O–H groups in total. The van der Waals surface area contributed by atoms with E-state index in [1.807, 2.05) is 0 Å². The summed E-state index contributed by atoms with van der Waals surface area (Å²) in [6.45, 7) is 0. The summed E-state index contributed by atoms with van der Waals surface area (Å²) in [5.74, 6) is 1.29. The maximum Gasteiger partial charge on any atom is 0.250 e. The smallest absolute Gasteiger partial charge is 0.250 e. The number of fused-ring (bicyclic) bond motifs is 3. The van der Waals surface area contributed by atoms with Crippen LogP contribution in [0.2, 0.25) is 5.02 Å². The predicted molar refractivity (Wildman–Crippen MR) is 86.2 cm³/mol. The summed E-state index contributed by atoms with van der Waals surface area (Å²) < 4.78 is 0. The summed E-state index contributed by atoms with van der Waals surface area (Å²) in [5.41, 5.74) is 8.47. The Bertz CT molecular complexity index is 761. The molecule has 0 saturated heterocycles. The number of nitrogens with zero attached hydrogens (tertiary/aromatic N) is 1. The van der Waals surface area contributed by atoms with Crippen molar-refractivity contribution in [3.05, 3.63) is 58.2 Å². The Morgan fingerprint density at radius 2 is 2.18 bits per heavy atom. The average molecular weight is 314 g/mol. The summed E-state index contributed by atoms with van der Waals surface area (Å²) in [6, 6.07) is 10.6. The van der Waals surface area contributed by atoms with Crippen LogP contribution in [0.1, 0.15) is 33.8 Å². The SMILES string of the molecule is NC(=O)c1cnc(NC2C3CCc4ccccc4C32)c(Cl)c1. The molecule has 2 aromatic rings. The molecular formula is C17H16ClN3O. The number of pyridine rings is 1. The highest BCUT2D eigenvalue weighted by Gasteiger charge is 2.53. The molecule has 0 spiro atoms. The number of benzene rings is 1. The monoisotopic (exact) mass is 313 g/mol. The zero-order valence-electron chi connectivity index (χ0n) is 11.9. The molecule has 0 aliphatic heterocycles. The van der Waals surface area contributed by atoms with Gasteiger partial charge in [-0.25, -0.2) is 4.98 Å². The zero-order chi connectivity index (χ0) is 15.3. The van der Waals surface area contributed by atoms with Crippen LogP contribution < -0.4 is 11.1 Å². The molecule has 1 fully saturated rings. The molecule has 22 heavy (non-hydrogen) atoms. The third-order valence-corrected chi connectivity index (χ3v) is 5.05. The number of aromatic nitrogens is 1. The van der Waals surface area contributed by atoms with Crippen molar-refractivity contribution in [3.63, 3.8) is 0 Å². The average Bonchev–Trinajstić information content (AvgIpc) is 3.23. The molecule has 3 unspecified atom stereocenters. The maximum atomic E-state index is 11.1. The number of anilines is 1. The first-order chi connectivity index (χ1) is 10.6. The third-order valence-electron chi connectivity index (χ3n) is 4.76. The van der Waals surface area contributed by atoms with Crippen molar-refractivity contribution in [1.82, 2.24) is 4.98 Å². The number of halogens is 1. The highest BCUT2D eigenvalue weighted by molar-refractivity contribution is 6.33. The Kier molecular flexibility index (Phi) is 3.08. The molecule has 1 heterocycles. The molecule has 1 aromatic carbocycles. The van der Waals surface area contributed by atoms with E-state index < -0.39 is 5.91 Å². The number of nitrogens with one attached hydrogen (secondary N) is 1. The number of nitrogens with two attached hydrogens (primary N) is 1. The first-order valence-electron chi connectivity index (χ1n) is 7.45. The van der Waals surface area contributed by atoms with E-state index in [0.717, 1.165) is 6.42 Å². The standard InChI is InChI=1S/C17H16ClN3O/c18-13-7-10(16(19)22)8-20-17(13)21-15-12-6-5-9-3-1-2-4-11(9)14(12)15/h1-4,7-8,12,14-15H,5-6H2,(H2,19,22)(H,20,21). The highest BCUT2D eigenvalue weighted by Crippen LogP contribution is 2.55. The Morgan fingerprint density at radius 3 is 2.95 bits per heavy atom. The first-order valence-corrected chi connectivity index (χ1v) is 7.82. The van der Waals surface area contributed by atoms with Crippen molar-refractivity contribution in [2.24, 2.45) is 11.7 Å². The number of carbonyl (C=O) groups excluding carboxylic acids is 1. The Hall–Kier alpha value is -2.07. The minimum Gasteiger partial charge on any atom is -0.366 e. The predicted octanol–water partition coefficient (Wildman–Crippen LogP) is 2.97. The quantitative estimate of drug-likeness (QED) is 0.915. The number of aryl methyl sites for hydroxylation is 1. The molecule has 4 nitrogen and oxygen atoms in total. The zero-order valence-corrected chi connectivity index (χ0v) is 12.7. The maximum absolute atomic E-state index is 11.1. The Labute approximate surface area is 133 Å². The van der Waals surface area contributed by atoms with Gasteiger partial charge in [-0.15, -0.1) is 0 Å². The van der Waals surface area contributed by atoms with Crippen LogP contribution in [0.3, 0.4) is 0 Å². The van der Waals surface area contributed by atoms with E-state index >= 15 is 0 Å². The minimum absolute atomic E-state index is 0.328. The van der Waals surface area contributed by atoms with E-state index in [4.69, 9.17) is 17.3 Å². The molecule has 5 heteroatoms. The van der Waals surface area contributed by atoms with Crippen LogP contribution in [-0.2, 0) is 6.42 Å². The summed E-state index contributed by atoms with van der Waals surface area (Å²) in [4.78, 5) is 15.4. The van der Waals surface area contributed by atoms with Crippen LogP contribution in [0.5, 0.6) is 0 Å². The number of hydrogen-bond donors (Lipinski definition) is 2. The third kappa shape index (κ3) is 2.15. The van der Waals surface area contributed by atoms with Crippen LogP contribution in [0.4, 0.5) is 5.82 Å². The van der Waals surface area contributed by atoms with Crippen LogP contribution in [-0.4, -0.2) is 16.9 Å². The second-order valence-electron chi connectivity index (χ2n) is 6.02. The van der Waals surface area contributed by atoms with Crippen molar-refractivity contribution >= 4 is 23.3 Å². The van der Waals surface area contributed by atoms with Crippen LogP contribution in [0.25, 0.3) is 0 Å². The fraction of sp³-hybridized carbons (Fsp3) is 0.294. The number of hydrogen-bond acceptors (Lipinski definition) is 3. The molecule has 2 aliphatic carbocycles. The molecule has 3 atom stereocenters. The van der Waals surface area contributed by atoms with Crippen molar-refractivity contribution in [1.29, 1.82) is 0 Å². The fourth-order valence-electron chi connectivity index (χ4n) is 3.60. The lowest BCUT2D eigenvalue weighted by Gasteiger charge is -2.13. The molecule has 1 saturated carbocycles. The first kappa shape index (κ1) is 13.6. The van der Waals surface area contributed by atoms with Crippen molar-refractivity contribution < 1.29 is 4.79 Å². The molecule has 1 amide bonds. The molecule has 0 bridgehead atoms. The van der Waals surface area contributed by atoms with Gasteiger partial charge in [-0.1, -0.05) is 35.9 Å². The molecule has 1 aromatic heterocycles. The van der Waals surface area contributed by atoms with Crippen molar-refractivity contribution in [2.45, 2.75) is 24.8 Å². The Morgan fingerprint density at radius 1 is 1.36 bits per heavy atom. The summed E-state index contributed by atoms with van der Waals surface area (Å²) in [7, 11) is 0. The lowest BCUT2D eigenvalue weighted by atomic mass is 9.92. The Balaban J connectivity index is 1.56. The summed E-state index contributed by atoms with van der Waals surface area (Å²) in [5, 5.41) is 3.88. The molecule has 2 aliphatic rings. The van der Waals surface area contributed by atoms with Gasteiger partial charge in [0.2, 0.25) is 5.91 Å². The van der Waals surface area contributed by atoms with Crippen LogP contribution in [0.15, 0.2) is 36.5 Å². The van der Waals surface area contributed by atoms with E-state index in [2.05, 4.69) is 34.6 Å². The number of primary amides is 1. The van der Waals surface area contributed by atoms with Gasteiger partial charge in [0.25, 0.3) is 0 Å². The van der Waals surface area contributed by atoms with Gasteiger partial charge in [-0.3, -0.25) is 4.79 Å². The van der Waals surface area contributed by atoms with Gasteiger partial charge in [-0.2, -0.15) is 0 Å². The topological polar surface area (TPSA) is 68.0 Å². The van der Waals surface area contributed by atoms with E-state index in [1.54, 1.807) is 6.07 Å². The minimum atomic E-state index is -0.519. The largest absolute Gasteiger partial charge is 0.366 e. The second-order valence-corrected chi connectivity index (χ2v) is 6.42. The van der Waals surface area contributed by atoms with E-state index in [0.29, 0.717) is 34.3 Å². The lowest BCUT2D eigenvalue weighted by molar-refractivity contribution is 0.1000. The van der Waals surface area contributed by atoms with Gasteiger partial charge in [0.05, 0.1) is 10.6 Å². The van der Waals surface area contributed by atoms with Crippen molar-refractivity contribution in [2.75, 3.05) is 5.32 Å². The van der Waals surface area contributed by atoms with Gasteiger partial charge in [-0.05, 0) is 36.0 Å². The number of carbonyl (C=O) groups is 1. The van der Waals surface area contributed by atoms with E-state index in [9.17, 15) is 4.79 Å². The molecular weight excluding hydrogens is 298 g/mol. The summed E-state index contributed by atoms with van der Waals surface area (Å²) >= 11 is 6.21. The summed E-state index contributed by atoms with van der Waals surface area (Å²) in [6.07, 6.45) is 3.80. The molecule has 112 valence electrons. The van der Waals surface area contributed by atoms with Crippen molar-refractivity contribution in [3.8, 4) is 0 Å². The van der Waals surface area contributed by atoms with E-state index in [-0.39, 0.29) is 0 Å². The van der Waals surface area contributed by atoms with Gasteiger partial charge >= 0.3 is 0 Å². The lowest BCUT2D eigenvalue weighted by Crippen LogP contribution is -2.13. The van der Waals surface area contributed by atoms with Crippen LogP contribution >= 0.6 is 11.6 Å². The normalized spacial score (nSPS) is 25.0. The van der Waals surface area contributed by atoms with Crippen LogP contribution in [0, 0.1) is 5.92 Å². The van der Waals surface area contributed by atoms with E-state index in [1.165, 1.54) is 23.7 Å². The van der Waals surface area contributed by atoms with Gasteiger partial charge in [0.15, 0.2) is 0 Å². The molecule has 0 radical (unpaired) electrons. The number of amides is 1. The van der Waals surface area contributed by atoms with Gasteiger partial charge < -0.3 is 11.1 Å². The fourth-order valence-corrected chi connectivity index (χ4v) is 3.82. The van der Waals surface area contributed by atoms with Gasteiger partial charge in [0.1, 0.15) is 5.82 Å². The second kappa shape index (κ2) is 4.99. The number of rotatable bonds is 3. The highest BCUT2D eigenvalue weighted by atomic mass is 35.5. The van der Waals surface area contributed by atoms with Gasteiger partial charge in [0, 0.05) is 18.2 Å².